The lowest BCUT2D eigenvalue weighted by molar-refractivity contribution is -0.138. The Morgan fingerprint density at radius 1 is 0.955 bits per heavy atom. The molecular formula is C19H20O3. The van der Waals surface area contributed by atoms with Crippen LogP contribution >= 0.6 is 0 Å². The van der Waals surface area contributed by atoms with Crippen molar-refractivity contribution in [2.24, 2.45) is 0 Å². The Hall–Kier alpha value is -2.55. The van der Waals surface area contributed by atoms with Gasteiger partial charge in [0.15, 0.2) is 0 Å². The molecule has 0 bridgehead atoms. The van der Waals surface area contributed by atoms with E-state index in [-0.39, 0.29) is 11.7 Å². The van der Waals surface area contributed by atoms with Crippen LogP contribution in [0.4, 0.5) is 0 Å². The lowest BCUT2D eigenvalue weighted by atomic mass is 9.92. The van der Waals surface area contributed by atoms with Crippen molar-refractivity contribution < 1.29 is 14.6 Å². The summed E-state index contributed by atoms with van der Waals surface area (Å²) >= 11 is 0. The van der Waals surface area contributed by atoms with Crippen LogP contribution in [-0.2, 0) is 9.53 Å². The van der Waals surface area contributed by atoms with Gasteiger partial charge in [0.2, 0.25) is 0 Å². The molecule has 0 heterocycles. The van der Waals surface area contributed by atoms with Gasteiger partial charge in [0.1, 0.15) is 5.75 Å². The molecule has 1 N–H and O–H groups in total. The molecule has 0 atom stereocenters. The molecule has 0 saturated heterocycles. The molecule has 114 valence electrons. The summed E-state index contributed by atoms with van der Waals surface area (Å²) in [6.07, 6.45) is 0.573. The summed E-state index contributed by atoms with van der Waals surface area (Å²) < 4.78 is 5.20. The van der Waals surface area contributed by atoms with E-state index in [9.17, 15) is 9.90 Å². The van der Waals surface area contributed by atoms with Gasteiger partial charge in [-0.15, -0.1) is 0 Å². The minimum atomic E-state index is -0.295. The highest BCUT2D eigenvalue weighted by Crippen LogP contribution is 2.30. The molecule has 2 rings (SSSR count). The van der Waals surface area contributed by atoms with Crippen molar-refractivity contribution in [1.29, 1.82) is 0 Å². The SMILES string of the molecule is CCOC(=O)C(CC)=C(c1ccccc1)c1ccc(O)cc1. The van der Waals surface area contributed by atoms with Crippen LogP contribution in [0.1, 0.15) is 31.4 Å². The molecule has 0 amide bonds. The predicted molar refractivity (Wildman–Crippen MR) is 87.5 cm³/mol. The van der Waals surface area contributed by atoms with Crippen LogP contribution in [0, 0.1) is 0 Å². The highest BCUT2D eigenvalue weighted by Gasteiger charge is 2.18. The number of benzene rings is 2. The van der Waals surface area contributed by atoms with E-state index in [0.717, 1.165) is 16.7 Å². The van der Waals surface area contributed by atoms with Crippen LogP contribution in [0.3, 0.4) is 0 Å². The zero-order chi connectivity index (χ0) is 15.9. The number of esters is 1. The second-order valence-corrected chi connectivity index (χ2v) is 4.84. The maximum absolute atomic E-state index is 12.3. The topological polar surface area (TPSA) is 46.5 Å². The molecule has 0 unspecified atom stereocenters. The predicted octanol–water partition coefficient (Wildman–Crippen LogP) is 4.17. The van der Waals surface area contributed by atoms with Crippen LogP contribution in [0.5, 0.6) is 5.75 Å². The summed E-state index contributed by atoms with van der Waals surface area (Å²) in [5.74, 6) is -0.0951. The zero-order valence-corrected chi connectivity index (χ0v) is 12.9. The molecule has 0 radical (unpaired) electrons. The summed E-state index contributed by atoms with van der Waals surface area (Å²) in [6, 6.07) is 16.6. The third-order valence-electron chi connectivity index (χ3n) is 3.40. The quantitative estimate of drug-likeness (QED) is 0.665. The summed E-state index contributed by atoms with van der Waals surface area (Å²) in [5, 5.41) is 9.49. The second-order valence-electron chi connectivity index (χ2n) is 4.84. The van der Waals surface area contributed by atoms with Gasteiger partial charge in [-0.1, -0.05) is 49.4 Å². The Balaban J connectivity index is 2.63. The molecular weight excluding hydrogens is 276 g/mol. The molecule has 2 aromatic carbocycles. The van der Waals surface area contributed by atoms with E-state index in [0.29, 0.717) is 18.6 Å². The Morgan fingerprint density at radius 3 is 2.09 bits per heavy atom. The Labute approximate surface area is 130 Å². The lowest BCUT2D eigenvalue weighted by Gasteiger charge is -2.14. The normalized spacial score (nSPS) is 11.7. The maximum atomic E-state index is 12.3. The lowest BCUT2D eigenvalue weighted by Crippen LogP contribution is -2.10. The summed E-state index contributed by atoms with van der Waals surface area (Å²) in [6.45, 7) is 4.09. The Kier molecular flexibility index (Phi) is 5.37. The van der Waals surface area contributed by atoms with Gasteiger partial charge in [0.25, 0.3) is 0 Å². The number of ether oxygens (including phenoxy) is 1. The average molecular weight is 296 g/mol. The van der Waals surface area contributed by atoms with E-state index >= 15 is 0 Å². The van der Waals surface area contributed by atoms with E-state index < -0.39 is 0 Å². The number of hydrogen-bond donors (Lipinski definition) is 1. The van der Waals surface area contributed by atoms with Gasteiger partial charge in [-0.25, -0.2) is 4.79 Å². The minimum Gasteiger partial charge on any atom is -0.508 e. The maximum Gasteiger partial charge on any atom is 0.334 e. The monoisotopic (exact) mass is 296 g/mol. The Bertz CT molecular complexity index is 655. The van der Waals surface area contributed by atoms with Crippen molar-refractivity contribution in [3.63, 3.8) is 0 Å². The van der Waals surface area contributed by atoms with Gasteiger partial charge in [-0.3, -0.25) is 0 Å². The smallest absolute Gasteiger partial charge is 0.334 e. The molecule has 3 nitrogen and oxygen atoms in total. The molecule has 0 aromatic heterocycles. The molecule has 0 spiro atoms. The van der Waals surface area contributed by atoms with Gasteiger partial charge in [-0.05, 0) is 42.2 Å². The molecule has 0 fully saturated rings. The fourth-order valence-electron chi connectivity index (χ4n) is 2.39. The first-order valence-corrected chi connectivity index (χ1v) is 7.42. The molecule has 0 saturated carbocycles. The van der Waals surface area contributed by atoms with Gasteiger partial charge < -0.3 is 9.84 Å². The van der Waals surface area contributed by atoms with Gasteiger partial charge >= 0.3 is 5.97 Å². The van der Waals surface area contributed by atoms with Gasteiger partial charge in [-0.2, -0.15) is 0 Å². The number of phenolic OH excluding ortho intramolecular Hbond substituents is 1. The first kappa shape index (κ1) is 15.8. The summed E-state index contributed by atoms with van der Waals surface area (Å²) in [5.41, 5.74) is 3.33. The van der Waals surface area contributed by atoms with Crippen molar-refractivity contribution >= 4 is 11.5 Å². The Morgan fingerprint density at radius 2 is 1.55 bits per heavy atom. The third-order valence-corrected chi connectivity index (χ3v) is 3.40. The fraction of sp³-hybridized carbons (Fsp3) is 0.211. The number of phenols is 1. The minimum absolute atomic E-state index is 0.199. The van der Waals surface area contributed by atoms with Crippen molar-refractivity contribution in [3.8, 4) is 5.75 Å². The van der Waals surface area contributed by atoms with E-state index in [2.05, 4.69) is 0 Å². The van der Waals surface area contributed by atoms with Gasteiger partial charge in [0.05, 0.1) is 6.61 Å². The molecule has 0 aliphatic heterocycles. The molecule has 2 aromatic rings. The van der Waals surface area contributed by atoms with Crippen LogP contribution in [0.15, 0.2) is 60.2 Å². The van der Waals surface area contributed by atoms with E-state index in [1.807, 2.05) is 49.4 Å². The molecule has 3 heteroatoms. The third kappa shape index (κ3) is 3.55. The van der Waals surface area contributed by atoms with Crippen molar-refractivity contribution in [2.75, 3.05) is 6.61 Å². The average Bonchev–Trinajstić information content (AvgIpc) is 2.54. The van der Waals surface area contributed by atoms with Crippen LogP contribution in [0.25, 0.3) is 5.57 Å². The number of rotatable bonds is 5. The van der Waals surface area contributed by atoms with E-state index in [4.69, 9.17) is 4.74 Å². The van der Waals surface area contributed by atoms with Crippen LogP contribution < -0.4 is 0 Å². The number of aromatic hydroxyl groups is 1. The van der Waals surface area contributed by atoms with Crippen molar-refractivity contribution in [3.05, 3.63) is 71.3 Å². The largest absolute Gasteiger partial charge is 0.508 e. The fourth-order valence-corrected chi connectivity index (χ4v) is 2.39. The summed E-state index contributed by atoms with van der Waals surface area (Å²) in [4.78, 5) is 12.3. The first-order valence-electron chi connectivity index (χ1n) is 7.42. The van der Waals surface area contributed by atoms with Gasteiger partial charge in [0, 0.05) is 5.57 Å². The first-order chi connectivity index (χ1) is 10.7. The molecule has 0 aliphatic rings. The van der Waals surface area contributed by atoms with Crippen molar-refractivity contribution in [1.82, 2.24) is 0 Å². The highest BCUT2D eigenvalue weighted by molar-refractivity contribution is 6.01. The summed E-state index contributed by atoms with van der Waals surface area (Å²) in [7, 11) is 0. The van der Waals surface area contributed by atoms with E-state index in [1.165, 1.54) is 0 Å². The highest BCUT2D eigenvalue weighted by atomic mass is 16.5. The van der Waals surface area contributed by atoms with Crippen molar-refractivity contribution in [2.45, 2.75) is 20.3 Å². The number of carbonyl (C=O) groups is 1. The molecule has 0 aliphatic carbocycles. The second kappa shape index (κ2) is 7.46. The zero-order valence-electron chi connectivity index (χ0n) is 12.9. The number of carbonyl (C=O) groups excluding carboxylic acids is 1. The number of hydrogen-bond acceptors (Lipinski definition) is 3. The van der Waals surface area contributed by atoms with Crippen LogP contribution in [0.2, 0.25) is 0 Å². The van der Waals surface area contributed by atoms with Crippen LogP contribution in [-0.4, -0.2) is 17.7 Å². The molecule has 22 heavy (non-hydrogen) atoms. The van der Waals surface area contributed by atoms with E-state index in [1.54, 1.807) is 19.1 Å². The standard InChI is InChI=1S/C19H20O3/c1-3-17(19(21)22-4-2)18(14-8-6-5-7-9-14)15-10-12-16(20)13-11-15/h5-13,20H,3-4H2,1-2H3.